The highest BCUT2D eigenvalue weighted by atomic mass is 32.2. The topological polar surface area (TPSA) is 46.2 Å². The van der Waals surface area contributed by atoms with Crippen LogP contribution in [0.25, 0.3) is 0 Å². The van der Waals surface area contributed by atoms with Crippen LogP contribution in [-0.4, -0.2) is 28.2 Å². The van der Waals surface area contributed by atoms with E-state index >= 15 is 0 Å². The second-order valence-electron chi connectivity index (χ2n) is 5.29. The fourth-order valence-corrected chi connectivity index (χ4v) is 2.58. The van der Waals surface area contributed by atoms with Gasteiger partial charge in [0.2, 0.25) is 5.91 Å². The summed E-state index contributed by atoms with van der Waals surface area (Å²) < 4.78 is -0.144. The predicted octanol–water partition coefficient (Wildman–Crippen LogP) is 2.64. The molecule has 1 unspecified atom stereocenters. The summed E-state index contributed by atoms with van der Waals surface area (Å²) in [6.07, 6.45) is 0.576. The fraction of sp³-hybridized carbons (Fsp3) is 0.846. The smallest absolute Gasteiger partial charge is 0.224 e. The molecule has 0 saturated carbocycles. The Labute approximate surface area is 109 Å². The van der Waals surface area contributed by atoms with Crippen molar-refractivity contribution in [1.29, 1.82) is 0 Å². The maximum absolute atomic E-state index is 11.9. The van der Waals surface area contributed by atoms with Gasteiger partial charge in [0.25, 0.3) is 0 Å². The lowest BCUT2D eigenvalue weighted by Crippen LogP contribution is -2.42. The first kappa shape index (κ1) is 16.5. The second-order valence-corrected chi connectivity index (χ2v) is 7.04. The Morgan fingerprint density at radius 3 is 2.18 bits per heavy atom. The third-order valence-electron chi connectivity index (χ3n) is 2.80. The van der Waals surface area contributed by atoms with Gasteiger partial charge in [0.15, 0.2) is 0 Å². The standard InChI is InChI=1S/C13H25NO2S/c1-9(2)14-12(16)11(4)13(5,6)17-8-7-10(3)15/h9,11H,7-8H2,1-6H3,(H,14,16). The zero-order chi connectivity index (χ0) is 13.6. The zero-order valence-electron chi connectivity index (χ0n) is 11.8. The number of ketones is 1. The van der Waals surface area contributed by atoms with Gasteiger partial charge in [-0.1, -0.05) is 6.92 Å². The molecule has 0 aliphatic heterocycles. The van der Waals surface area contributed by atoms with E-state index in [1.54, 1.807) is 18.7 Å². The number of thioether (sulfide) groups is 1. The van der Waals surface area contributed by atoms with Gasteiger partial charge in [-0.05, 0) is 34.6 Å². The minimum absolute atomic E-state index is 0.0677. The lowest BCUT2D eigenvalue weighted by Gasteiger charge is -2.30. The van der Waals surface area contributed by atoms with E-state index in [1.807, 2.05) is 20.8 Å². The number of rotatable bonds is 7. The Kier molecular flexibility index (Phi) is 6.83. The summed E-state index contributed by atoms with van der Waals surface area (Å²) in [7, 11) is 0. The van der Waals surface area contributed by atoms with E-state index in [2.05, 4.69) is 19.2 Å². The monoisotopic (exact) mass is 259 g/mol. The van der Waals surface area contributed by atoms with Crippen LogP contribution in [0.4, 0.5) is 0 Å². The van der Waals surface area contributed by atoms with Crippen LogP contribution in [0.1, 0.15) is 48.0 Å². The van der Waals surface area contributed by atoms with Crippen LogP contribution >= 0.6 is 11.8 Å². The zero-order valence-corrected chi connectivity index (χ0v) is 12.6. The van der Waals surface area contributed by atoms with E-state index in [0.717, 1.165) is 5.75 Å². The van der Waals surface area contributed by atoms with Crippen LogP contribution in [0.3, 0.4) is 0 Å². The Morgan fingerprint density at radius 2 is 1.76 bits per heavy atom. The summed E-state index contributed by atoms with van der Waals surface area (Å²) in [6, 6.07) is 0.169. The molecular formula is C13H25NO2S. The SMILES string of the molecule is CC(=O)CCSC(C)(C)C(C)C(=O)NC(C)C. The molecule has 0 radical (unpaired) electrons. The molecule has 1 amide bonds. The average Bonchev–Trinajstić information content (AvgIpc) is 2.14. The number of carbonyl (C=O) groups excluding carboxylic acids is 2. The Morgan fingerprint density at radius 1 is 1.24 bits per heavy atom. The van der Waals surface area contributed by atoms with Gasteiger partial charge in [0.1, 0.15) is 5.78 Å². The Hall–Kier alpha value is -0.510. The van der Waals surface area contributed by atoms with Crippen molar-refractivity contribution >= 4 is 23.5 Å². The molecule has 0 bridgehead atoms. The van der Waals surface area contributed by atoms with Crippen molar-refractivity contribution in [2.24, 2.45) is 5.92 Å². The first-order valence-electron chi connectivity index (χ1n) is 6.10. The molecule has 0 fully saturated rings. The maximum Gasteiger partial charge on any atom is 0.224 e. The molecule has 1 N–H and O–H groups in total. The Balaban J connectivity index is 4.27. The molecule has 0 aliphatic rings. The lowest BCUT2D eigenvalue weighted by atomic mass is 9.96. The number of amides is 1. The molecule has 0 aromatic rings. The van der Waals surface area contributed by atoms with Crippen molar-refractivity contribution in [3.8, 4) is 0 Å². The van der Waals surface area contributed by atoms with E-state index < -0.39 is 0 Å². The molecule has 0 spiro atoms. The van der Waals surface area contributed by atoms with Gasteiger partial charge < -0.3 is 5.32 Å². The highest BCUT2D eigenvalue weighted by Gasteiger charge is 2.31. The van der Waals surface area contributed by atoms with E-state index in [1.165, 1.54) is 0 Å². The van der Waals surface area contributed by atoms with Gasteiger partial charge in [0, 0.05) is 28.9 Å². The summed E-state index contributed by atoms with van der Waals surface area (Å²) in [6.45, 7) is 11.6. The minimum atomic E-state index is -0.144. The van der Waals surface area contributed by atoms with Crippen molar-refractivity contribution in [2.45, 2.75) is 58.8 Å². The fourth-order valence-electron chi connectivity index (χ4n) is 1.31. The van der Waals surface area contributed by atoms with E-state index in [0.29, 0.717) is 6.42 Å². The largest absolute Gasteiger partial charge is 0.354 e. The van der Waals surface area contributed by atoms with E-state index in [9.17, 15) is 9.59 Å². The molecule has 0 heterocycles. The van der Waals surface area contributed by atoms with Crippen molar-refractivity contribution in [3.63, 3.8) is 0 Å². The lowest BCUT2D eigenvalue weighted by molar-refractivity contribution is -0.125. The highest BCUT2D eigenvalue weighted by molar-refractivity contribution is 8.00. The molecule has 0 rings (SSSR count). The molecule has 0 aliphatic carbocycles. The summed E-state index contributed by atoms with van der Waals surface area (Å²) in [4.78, 5) is 22.8. The van der Waals surface area contributed by atoms with Crippen LogP contribution in [0.15, 0.2) is 0 Å². The van der Waals surface area contributed by atoms with E-state index in [4.69, 9.17) is 0 Å². The van der Waals surface area contributed by atoms with Crippen LogP contribution < -0.4 is 5.32 Å². The summed E-state index contributed by atoms with van der Waals surface area (Å²) in [5.74, 6) is 0.997. The molecule has 1 atom stereocenters. The van der Waals surface area contributed by atoms with Crippen LogP contribution in [-0.2, 0) is 9.59 Å². The molecule has 4 heteroatoms. The normalized spacial score (nSPS) is 13.6. The molecule has 0 aromatic carbocycles. The number of hydrogen-bond donors (Lipinski definition) is 1. The van der Waals surface area contributed by atoms with Gasteiger partial charge >= 0.3 is 0 Å². The Bertz CT molecular complexity index is 275. The number of carbonyl (C=O) groups is 2. The van der Waals surface area contributed by atoms with Gasteiger partial charge in [0.05, 0.1) is 0 Å². The third-order valence-corrected chi connectivity index (χ3v) is 4.30. The van der Waals surface area contributed by atoms with Crippen molar-refractivity contribution < 1.29 is 9.59 Å². The summed E-state index contributed by atoms with van der Waals surface area (Å²) >= 11 is 1.69. The van der Waals surface area contributed by atoms with E-state index in [-0.39, 0.29) is 28.4 Å². The molecule has 0 saturated heterocycles. The average molecular weight is 259 g/mol. The molecule has 17 heavy (non-hydrogen) atoms. The van der Waals surface area contributed by atoms with Gasteiger partial charge in [-0.3, -0.25) is 9.59 Å². The highest BCUT2D eigenvalue weighted by Crippen LogP contribution is 2.33. The van der Waals surface area contributed by atoms with Gasteiger partial charge in [-0.2, -0.15) is 11.8 Å². The van der Waals surface area contributed by atoms with Gasteiger partial charge in [-0.15, -0.1) is 0 Å². The quantitative estimate of drug-likeness (QED) is 0.764. The number of Topliss-reactive ketones (excluding diaryl/α,β-unsaturated/α-hetero) is 1. The molecular weight excluding hydrogens is 234 g/mol. The molecule has 0 aromatic heterocycles. The number of nitrogens with one attached hydrogen (secondary N) is 1. The predicted molar refractivity (Wildman–Crippen MR) is 74.3 cm³/mol. The molecule has 100 valence electrons. The maximum atomic E-state index is 11.9. The minimum Gasteiger partial charge on any atom is -0.354 e. The van der Waals surface area contributed by atoms with Crippen molar-refractivity contribution in [2.75, 3.05) is 5.75 Å². The summed E-state index contributed by atoms with van der Waals surface area (Å²) in [5.41, 5.74) is 0. The first-order chi connectivity index (χ1) is 7.66. The molecule has 3 nitrogen and oxygen atoms in total. The van der Waals surface area contributed by atoms with Crippen LogP contribution in [0, 0.1) is 5.92 Å². The number of hydrogen-bond acceptors (Lipinski definition) is 3. The van der Waals surface area contributed by atoms with Crippen molar-refractivity contribution in [3.05, 3.63) is 0 Å². The first-order valence-corrected chi connectivity index (χ1v) is 7.09. The van der Waals surface area contributed by atoms with Gasteiger partial charge in [-0.25, -0.2) is 0 Å². The van der Waals surface area contributed by atoms with Crippen LogP contribution in [0.2, 0.25) is 0 Å². The summed E-state index contributed by atoms with van der Waals surface area (Å²) in [5, 5.41) is 2.93. The van der Waals surface area contributed by atoms with Crippen molar-refractivity contribution in [1.82, 2.24) is 5.32 Å². The van der Waals surface area contributed by atoms with Crippen LogP contribution in [0.5, 0.6) is 0 Å². The third kappa shape index (κ3) is 6.71. The second kappa shape index (κ2) is 7.04.